The lowest BCUT2D eigenvalue weighted by Gasteiger charge is -2.23. The zero-order chi connectivity index (χ0) is 20.5. The maximum Gasteiger partial charge on any atom is 0.243 e. The standard InChI is InChI=1S/C20H22N2O5S/c1-13(20-11-15-7-5-6-8-18(15)27-20)22(3)28(24,25)16-9-10-19(26-4)17(12-16)21-14(2)23/h5-13H,1-4H3,(H,21,23). The van der Waals surface area contributed by atoms with Gasteiger partial charge in [-0.2, -0.15) is 4.31 Å². The first kappa shape index (κ1) is 19.9. The van der Waals surface area contributed by atoms with Gasteiger partial charge in [-0.15, -0.1) is 0 Å². The Morgan fingerprint density at radius 3 is 2.54 bits per heavy atom. The third kappa shape index (κ3) is 3.74. The Hall–Kier alpha value is -2.84. The summed E-state index contributed by atoms with van der Waals surface area (Å²) in [6.45, 7) is 3.10. The molecule has 0 aliphatic heterocycles. The molecule has 1 aromatic heterocycles. The summed E-state index contributed by atoms with van der Waals surface area (Å²) in [5.41, 5.74) is 0.994. The van der Waals surface area contributed by atoms with Crippen molar-refractivity contribution in [2.75, 3.05) is 19.5 Å². The summed E-state index contributed by atoms with van der Waals surface area (Å²) in [5, 5.41) is 3.50. The summed E-state index contributed by atoms with van der Waals surface area (Å²) >= 11 is 0. The molecule has 148 valence electrons. The van der Waals surface area contributed by atoms with Crippen LogP contribution < -0.4 is 10.1 Å². The van der Waals surface area contributed by atoms with Crippen molar-refractivity contribution < 1.29 is 22.4 Å². The molecule has 1 atom stereocenters. The highest BCUT2D eigenvalue weighted by Crippen LogP contribution is 2.33. The molecule has 3 aromatic rings. The van der Waals surface area contributed by atoms with Crippen LogP contribution in [0, 0.1) is 0 Å². The van der Waals surface area contributed by atoms with Crippen LogP contribution in [0.15, 0.2) is 57.8 Å². The van der Waals surface area contributed by atoms with Crippen molar-refractivity contribution in [2.45, 2.75) is 24.8 Å². The third-order valence-corrected chi connectivity index (χ3v) is 6.48. The molecule has 0 radical (unpaired) electrons. The summed E-state index contributed by atoms with van der Waals surface area (Å²) < 4.78 is 38.5. The van der Waals surface area contributed by atoms with E-state index in [4.69, 9.17) is 9.15 Å². The fourth-order valence-electron chi connectivity index (χ4n) is 2.90. The summed E-state index contributed by atoms with van der Waals surface area (Å²) in [7, 11) is -0.896. The smallest absolute Gasteiger partial charge is 0.243 e. The Balaban J connectivity index is 1.95. The molecule has 7 nitrogen and oxygen atoms in total. The lowest BCUT2D eigenvalue weighted by atomic mass is 10.2. The van der Waals surface area contributed by atoms with Crippen molar-refractivity contribution in [2.24, 2.45) is 0 Å². The SMILES string of the molecule is COc1ccc(S(=O)(=O)N(C)C(C)c2cc3ccccc3o2)cc1NC(C)=O. The molecule has 0 fully saturated rings. The Labute approximate surface area is 163 Å². The quantitative estimate of drug-likeness (QED) is 0.678. The summed E-state index contributed by atoms with van der Waals surface area (Å²) in [4.78, 5) is 11.5. The van der Waals surface area contributed by atoms with Crippen LogP contribution in [0.2, 0.25) is 0 Å². The van der Waals surface area contributed by atoms with E-state index in [1.54, 1.807) is 6.92 Å². The van der Waals surface area contributed by atoms with E-state index in [1.807, 2.05) is 30.3 Å². The van der Waals surface area contributed by atoms with Crippen LogP contribution >= 0.6 is 0 Å². The maximum atomic E-state index is 13.1. The number of rotatable bonds is 6. The zero-order valence-electron chi connectivity index (χ0n) is 16.1. The van der Waals surface area contributed by atoms with E-state index in [2.05, 4.69) is 5.32 Å². The number of hydrogen-bond acceptors (Lipinski definition) is 5. The average molecular weight is 402 g/mol. The van der Waals surface area contributed by atoms with Gasteiger partial charge in [-0.05, 0) is 37.3 Å². The van der Waals surface area contributed by atoms with E-state index in [0.29, 0.717) is 22.8 Å². The molecule has 3 rings (SSSR count). The number of para-hydroxylation sites is 1. The van der Waals surface area contributed by atoms with Crippen LogP contribution in [0.3, 0.4) is 0 Å². The Morgan fingerprint density at radius 1 is 1.18 bits per heavy atom. The summed E-state index contributed by atoms with van der Waals surface area (Å²) in [6, 6.07) is 13.2. The minimum atomic E-state index is -3.84. The number of nitrogens with one attached hydrogen (secondary N) is 1. The highest BCUT2D eigenvalue weighted by atomic mass is 32.2. The summed E-state index contributed by atoms with van der Waals surface area (Å²) in [6.07, 6.45) is 0. The molecule has 1 N–H and O–H groups in total. The van der Waals surface area contributed by atoms with E-state index in [1.165, 1.54) is 43.6 Å². The minimum absolute atomic E-state index is 0.0440. The molecule has 2 aromatic carbocycles. The van der Waals surface area contributed by atoms with Crippen LogP contribution in [0.4, 0.5) is 5.69 Å². The van der Waals surface area contributed by atoms with E-state index in [9.17, 15) is 13.2 Å². The van der Waals surface area contributed by atoms with E-state index >= 15 is 0 Å². The summed E-state index contributed by atoms with van der Waals surface area (Å²) in [5.74, 6) is 0.599. The monoisotopic (exact) mass is 402 g/mol. The Morgan fingerprint density at radius 2 is 1.89 bits per heavy atom. The van der Waals surface area contributed by atoms with Crippen LogP contribution in [0.25, 0.3) is 11.0 Å². The predicted molar refractivity (Wildman–Crippen MR) is 107 cm³/mol. The number of benzene rings is 2. The van der Waals surface area contributed by atoms with Gasteiger partial charge in [-0.25, -0.2) is 8.42 Å². The maximum absolute atomic E-state index is 13.1. The van der Waals surface area contributed by atoms with Gasteiger partial charge in [0.05, 0.1) is 23.7 Å². The largest absolute Gasteiger partial charge is 0.495 e. The third-order valence-electron chi connectivity index (χ3n) is 4.56. The molecule has 1 heterocycles. The lowest BCUT2D eigenvalue weighted by molar-refractivity contribution is -0.114. The van der Waals surface area contributed by atoms with Gasteiger partial charge < -0.3 is 14.5 Å². The molecule has 0 saturated carbocycles. The Bertz CT molecular complexity index is 1090. The van der Waals surface area contributed by atoms with Gasteiger partial charge in [0.1, 0.15) is 17.1 Å². The first-order valence-corrected chi connectivity index (χ1v) is 10.1. The fourth-order valence-corrected chi connectivity index (χ4v) is 4.26. The molecular weight excluding hydrogens is 380 g/mol. The van der Waals surface area contributed by atoms with Crippen molar-refractivity contribution in [1.29, 1.82) is 0 Å². The van der Waals surface area contributed by atoms with Crippen LogP contribution in [-0.2, 0) is 14.8 Å². The topological polar surface area (TPSA) is 88.8 Å². The molecule has 0 bridgehead atoms. The first-order valence-electron chi connectivity index (χ1n) is 8.66. The lowest BCUT2D eigenvalue weighted by Crippen LogP contribution is -2.29. The normalized spacial score (nSPS) is 12.9. The number of nitrogens with zero attached hydrogens (tertiary/aromatic N) is 1. The number of ether oxygens (including phenoxy) is 1. The Kier molecular flexibility index (Phi) is 5.44. The molecule has 0 aliphatic rings. The predicted octanol–water partition coefficient (Wildman–Crippen LogP) is 3.78. The highest BCUT2D eigenvalue weighted by Gasteiger charge is 2.29. The number of amides is 1. The second kappa shape index (κ2) is 7.65. The van der Waals surface area contributed by atoms with E-state index < -0.39 is 16.1 Å². The van der Waals surface area contributed by atoms with E-state index in [-0.39, 0.29) is 10.8 Å². The van der Waals surface area contributed by atoms with Crippen LogP contribution in [0.5, 0.6) is 5.75 Å². The van der Waals surface area contributed by atoms with Crippen LogP contribution in [-0.4, -0.2) is 32.8 Å². The van der Waals surface area contributed by atoms with Crippen molar-refractivity contribution in [3.8, 4) is 5.75 Å². The fraction of sp³-hybridized carbons (Fsp3) is 0.250. The van der Waals surface area contributed by atoms with Crippen LogP contribution in [0.1, 0.15) is 25.6 Å². The van der Waals surface area contributed by atoms with Crippen molar-refractivity contribution in [1.82, 2.24) is 4.31 Å². The second-order valence-electron chi connectivity index (χ2n) is 6.43. The number of furan rings is 1. The van der Waals surface area contributed by atoms with Gasteiger partial charge in [-0.3, -0.25) is 4.79 Å². The number of carbonyl (C=O) groups excluding carboxylic acids is 1. The zero-order valence-corrected chi connectivity index (χ0v) is 16.9. The van der Waals surface area contributed by atoms with Gasteiger partial charge in [-0.1, -0.05) is 18.2 Å². The molecule has 8 heteroatoms. The van der Waals surface area contributed by atoms with Gasteiger partial charge in [0.25, 0.3) is 0 Å². The van der Waals surface area contributed by atoms with E-state index in [0.717, 1.165) is 5.39 Å². The number of methoxy groups -OCH3 is 1. The van der Waals surface area contributed by atoms with Gasteiger partial charge in [0.2, 0.25) is 15.9 Å². The number of hydrogen-bond donors (Lipinski definition) is 1. The first-order chi connectivity index (χ1) is 13.2. The van der Waals surface area contributed by atoms with Gasteiger partial charge in [0, 0.05) is 19.4 Å². The number of anilines is 1. The molecule has 1 unspecified atom stereocenters. The molecular formula is C20H22N2O5S. The van der Waals surface area contributed by atoms with Crippen molar-refractivity contribution in [3.63, 3.8) is 0 Å². The van der Waals surface area contributed by atoms with Gasteiger partial charge >= 0.3 is 0 Å². The van der Waals surface area contributed by atoms with Crippen molar-refractivity contribution in [3.05, 3.63) is 54.3 Å². The second-order valence-corrected chi connectivity index (χ2v) is 8.42. The van der Waals surface area contributed by atoms with Crippen molar-refractivity contribution >= 4 is 32.6 Å². The number of fused-ring (bicyclic) bond motifs is 1. The molecule has 0 saturated heterocycles. The molecule has 0 aliphatic carbocycles. The average Bonchev–Trinajstić information content (AvgIpc) is 3.10. The van der Waals surface area contributed by atoms with Gasteiger partial charge in [0.15, 0.2) is 0 Å². The molecule has 0 spiro atoms. The highest BCUT2D eigenvalue weighted by molar-refractivity contribution is 7.89. The minimum Gasteiger partial charge on any atom is -0.495 e. The number of sulfonamides is 1. The molecule has 28 heavy (non-hydrogen) atoms. The number of carbonyl (C=O) groups is 1. The molecule has 1 amide bonds.